The Morgan fingerprint density at radius 2 is 1.79 bits per heavy atom. The van der Waals surface area contributed by atoms with Crippen LogP contribution in [0.4, 0.5) is 5.69 Å². The Balaban J connectivity index is 1.68. The number of carbonyl (C=O) groups excluding carboxylic acids is 1. The molecule has 150 valence electrons. The van der Waals surface area contributed by atoms with Crippen LogP contribution < -0.4 is 19.5 Å². The number of hydrogen-bond acceptors (Lipinski definition) is 6. The smallest absolute Gasteiger partial charge is 0.255 e. The zero-order chi connectivity index (χ0) is 20.1. The Labute approximate surface area is 163 Å². The Morgan fingerprint density at radius 3 is 2.46 bits per heavy atom. The SMILES string of the molecule is COC[C@H](C)NS(=O)(=O)c1ccc(C(=O)Nc2ccc3c(c2)OCCO3)cc1. The molecule has 3 rings (SSSR count). The summed E-state index contributed by atoms with van der Waals surface area (Å²) >= 11 is 0. The predicted octanol–water partition coefficient (Wildman–Crippen LogP) is 2.02. The zero-order valence-electron chi connectivity index (χ0n) is 15.6. The van der Waals surface area contributed by atoms with Crippen LogP contribution in [0, 0.1) is 0 Å². The second kappa shape index (κ2) is 8.59. The van der Waals surface area contributed by atoms with E-state index in [0.29, 0.717) is 36.0 Å². The highest BCUT2D eigenvalue weighted by atomic mass is 32.2. The van der Waals surface area contributed by atoms with Crippen molar-refractivity contribution in [1.29, 1.82) is 0 Å². The molecular weight excluding hydrogens is 384 g/mol. The van der Waals surface area contributed by atoms with Crippen molar-refractivity contribution in [3.05, 3.63) is 48.0 Å². The highest BCUT2D eigenvalue weighted by Crippen LogP contribution is 2.32. The molecule has 0 bridgehead atoms. The topological polar surface area (TPSA) is 103 Å². The lowest BCUT2D eigenvalue weighted by Crippen LogP contribution is -2.35. The van der Waals surface area contributed by atoms with E-state index in [1.165, 1.54) is 31.4 Å². The number of hydrogen-bond donors (Lipinski definition) is 2. The van der Waals surface area contributed by atoms with Crippen LogP contribution in [0.25, 0.3) is 0 Å². The molecule has 0 fully saturated rings. The van der Waals surface area contributed by atoms with E-state index in [0.717, 1.165) is 0 Å². The maximum absolute atomic E-state index is 12.4. The highest BCUT2D eigenvalue weighted by molar-refractivity contribution is 7.89. The monoisotopic (exact) mass is 406 g/mol. The van der Waals surface area contributed by atoms with Crippen LogP contribution in [0.1, 0.15) is 17.3 Å². The fourth-order valence-electron chi connectivity index (χ4n) is 2.73. The average Bonchev–Trinajstić information content (AvgIpc) is 2.68. The zero-order valence-corrected chi connectivity index (χ0v) is 16.4. The van der Waals surface area contributed by atoms with Crippen molar-refractivity contribution in [2.45, 2.75) is 17.9 Å². The number of fused-ring (bicyclic) bond motifs is 1. The average molecular weight is 406 g/mol. The molecule has 0 spiro atoms. The number of ether oxygens (including phenoxy) is 3. The first kappa shape index (κ1) is 20.1. The minimum absolute atomic E-state index is 0.0753. The van der Waals surface area contributed by atoms with E-state index in [-0.39, 0.29) is 23.5 Å². The minimum Gasteiger partial charge on any atom is -0.486 e. The first-order valence-corrected chi connectivity index (χ1v) is 10.2. The third kappa shape index (κ3) is 4.80. The van der Waals surface area contributed by atoms with Crippen LogP contribution in [0.15, 0.2) is 47.4 Å². The number of rotatable bonds is 7. The summed E-state index contributed by atoms with van der Waals surface area (Å²) in [5, 5.41) is 2.76. The lowest BCUT2D eigenvalue weighted by Gasteiger charge is -2.19. The molecule has 1 amide bonds. The predicted molar refractivity (Wildman–Crippen MR) is 103 cm³/mol. The Morgan fingerprint density at radius 1 is 1.11 bits per heavy atom. The van der Waals surface area contributed by atoms with Crippen LogP contribution in [-0.4, -0.2) is 47.3 Å². The van der Waals surface area contributed by atoms with E-state index < -0.39 is 10.0 Å². The van der Waals surface area contributed by atoms with E-state index in [1.54, 1.807) is 25.1 Å². The fraction of sp³-hybridized carbons (Fsp3) is 0.316. The van der Waals surface area contributed by atoms with Crippen LogP contribution in [0.3, 0.4) is 0 Å². The molecule has 0 radical (unpaired) electrons. The lowest BCUT2D eigenvalue weighted by atomic mass is 10.2. The summed E-state index contributed by atoms with van der Waals surface area (Å²) in [7, 11) is -2.19. The number of methoxy groups -OCH3 is 1. The van der Waals surface area contributed by atoms with Crippen LogP contribution in [0.5, 0.6) is 11.5 Å². The van der Waals surface area contributed by atoms with Gasteiger partial charge in [-0.05, 0) is 43.3 Å². The number of benzene rings is 2. The molecule has 1 aliphatic rings. The number of sulfonamides is 1. The molecule has 28 heavy (non-hydrogen) atoms. The van der Waals surface area contributed by atoms with Gasteiger partial charge in [-0.25, -0.2) is 13.1 Å². The molecule has 1 heterocycles. The number of carbonyl (C=O) groups is 1. The normalized spacial score (nSPS) is 14.4. The van der Waals surface area contributed by atoms with Gasteiger partial charge in [-0.3, -0.25) is 4.79 Å². The van der Waals surface area contributed by atoms with Crippen molar-refractivity contribution in [3.63, 3.8) is 0 Å². The summed E-state index contributed by atoms with van der Waals surface area (Å²) in [6, 6.07) is 10.5. The summed E-state index contributed by atoms with van der Waals surface area (Å²) in [4.78, 5) is 12.5. The molecule has 0 unspecified atom stereocenters. The van der Waals surface area contributed by atoms with Gasteiger partial charge in [0, 0.05) is 30.5 Å². The minimum atomic E-state index is -3.69. The van der Waals surface area contributed by atoms with Crippen molar-refractivity contribution < 1.29 is 27.4 Å². The van der Waals surface area contributed by atoms with Crippen LogP contribution in [-0.2, 0) is 14.8 Å². The highest BCUT2D eigenvalue weighted by Gasteiger charge is 2.18. The number of amides is 1. The molecule has 8 nitrogen and oxygen atoms in total. The molecule has 0 aromatic heterocycles. The molecule has 0 aliphatic carbocycles. The standard InChI is InChI=1S/C19H22N2O6S/c1-13(12-25-2)21-28(23,24)16-6-3-14(4-7-16)19(22)20-15-5-8-17-18(11-15)27-10-9-26-17/h3-8,11,13,21H,9-10,12H2,1-2H3,(H,20,22)/t13-/m0/s1. The molecule has 1 atom stereocenters. The third-order valence-corrected chi connectivity index (χ3v) is 5.61. The van der Waals surface area contributed by atoms with Gasteiger partial charge in [-0.15, -0.1) is 0 Å². The van der Waals surface area contributed by atoms with Crippen molar-refractivity contribution in [2.75, 3.05) is 32.2 Å². The molecule has 2 aromatic carbocycles. The molecule has 1 aliphatic heterocycles. The molecule has 9 heteroatoms. The molecule has 0 saturated heterocycles. The Kier molecular flexibility index (Phi) is 6.18. The van der Waals surface area contributed by atoms with Gasteiger partial charge in [0.2, 0.25) is 10.0 Å². The van der Waals surface area contributed by atoms with Gasteiger partial charge in [0.15, 0.2) is 11.5 Å². The van der Waals surface area contributed by atoms with E-state index >= 15 is 0 Å². The summed E-state index contributed by atoms with van der Waals surface area (Å²) in [6.07, 6.45) is 0. The summed E-state index contributed by atoms with van der Waals surface area (Å²) in [5.41, 5.74) is 0.889. The Bertz CT molecular complexity index is 943. The van der Waals surface area contributed by atoms with E-state index in [4.69, 9.17) is 14.2 Å². The quantitative estimate of drug-likeness (QED) is 0.729. The molecule has 0 saturated carbocycles. The first-order valence-electron chi connectivity index (χ1n) is 8.71. The first-order chi connectivity index (χ1) is 13.4. The van der Waals surface area contributed by atoms with Crippen molar-refractivity contribution >= 4 is 21.6 Å². The summed E-state index contributed by atoms with van der Waals surface area (Å²) in [6.45, 7) is 2.91. The molecule has 2 N–H and O–H groups in total. The fourth-order valence-corrected chi connectivity index (χ4v) is 3.95. The maximum Gasteiger partial charge on any atom is 0.255 e. The van der Waals surface area contributed by atoms with Gasteiger partial charge in [0.05, 0.1) is 11.5 Å². The van der Waals surface area contributed by atoms with Crippen molar-refractivity contribution in [1.82, 2.24) is 4.72 Å². The summed E-state index contributed by atoms with van der Waals surface area (Å²) < 4.78 is 43.1. The van der Waals surface area contributed by atoms with Gasteiger partial charge in [0.25, 0.3) is 5.91 Å². The number of anilines is 1. The Hall–Kier alpha value is -2.62. The van der Waals surface area contributed by atoms with Gasteiger partial charge < -0.3 is 19.5 Å². The van der Waals surface area contributed by atoms with Crippen LogP contribution in [0.2, 0.25) is 0 Å². The van der Waals surface area contributed by atoms with E-state index in [2.05, 4.69) is 10.0 Å². The van der Waals surface area contributed by atoms with E-state index in [1.807, 2.05) is 0 Å². The van der Waals surface area contributed by atoms with Gasteiger partial charge in [-0.1, -0.05) is 0 Å². The van der Waals surface area contributed by atoms with Gasteiger partial charge in [-0.2, -0.15) is 0 Å². The summed E-state index contributed by atoms with van der Waals surface area (Å²) in [5.74, 6) is 0.845. The largest absolute Gasteiger partial charge is 0.486 e. The van der Waals surface area contributed by atoms with Gasteiger partial charge >= 0.3 is 0 Å². The molecule has 2 aromatic rings. The second-order valence-corrected chi connectivity index (χ2v) is 8.03. The second-order valence-electron chi connectivity index (χ2n) is 6.31. The van der Waals surface area contributed by atoms with Gasteiger partial charge in [0.1, 0.15) is 13.2 Å². The van der Waals surface area contributed by atoms with Crippen molar-refractivity contribution in [2.24, 2.45) is 0 Å². The number of nitrogens with one attached hydrogen (secondary N) is 2. The van der Waals surface area contributed by atoms with Crippen LogP contribution >= 0.6 is 0 Å². The molecular formula is C19H22N2O6S. The van der Waals surface area contributed by atoms with Crippen molar-refractivity contribution in [3.8, 4) is 11.5 Å². The third-order valence-electron chi connectivity index (χ3n) is 4.00. The van der Waals surface area contributed by atoms with E-state index in [9.17, 15) is 13.2 Å². The maximum atomic E-state index is 12.4. The lowest BCUT2D eigenvalue weighted by molar-refractivity contribution is 0.102.